The Balaban J connectivity index is 2.83. The number of hydrogen-bond donors (Lipinski definition) is 1. The molecule has 0 atom stereocenters. The number of ether oxygens (including phenoxy) is 1. The highest BCUT2D eigenvalue weighted by molar-refractivity contribution is 5.37. The SMILES string of the molecule is CCCCN(C)c1nc(NCCC)nc(OCCC)n1. The first kappa shape index (κ1) is 16.5. The predicted molar refractivity (Wildman–Crippen MR) is 82.6 cm³/mol. The second kappa shape index (κ2) is 9.34. The van der Waals surface area contributed by atoms with E-state index in [0.29, 0.717) is 24.5 Å². The highest BCUT2D eigenvalue weighted by Crippen LogP contribution is 2.14. The van der Waals surface area contributed by atoms with Gasteiger partial charge in [0.25, 0.3) is 0 Å². The molecule has 0 spiro atoms. The first-order chi connectivity index (χ1) is 9.71. The van der Waals surface area contributed by atoms with Crippen molar-refractivity contribution in [2.75, 3.05) is 37.0 Å². The van der Waals surface area contributed by atoms with Crippen molar-refractivity contribution in [3.63, 3.8) is 0 Å². The van der Waals surface area contributed by atoms with Crippen LogP contribution in [0.3, 0.4) is 0 Å². The van der Waals surface area contributed by atoms with Crippen LogP contribution >= 0.6 is 0 Å². The first-order valence-electron chi connectivity index (χ1n) is 7.55. The number of anilines is 2. The van der Waals surface area contributed by atoms with Crippen molar-refractivity contribution in [3.05, 3.63) is 0 Å². The summed E-state index contributed by atoms with van der Waals surface area (Å²) >= 11 is 0. The molecule has 1 aromatic heterocycles. The van der Waals surface area contributed by atoms with Crippen molar-refractivity contribution in [2.45, 2.75) is 46.5 Å². The van der Waals surface area contributed by atoms with Gasteiger partial charge in [0.15, 0.2) is 0 Å². The van der Waals surface area contributed by atoms with Gasteiger partial charge in [-0.25, -0.2) is 0 Å². The van der Waals surface area contributed by atoms with E-state index >= 15 is 0 Å². The van der Waals surface area contributed by atoms with Crippen molar-refractivity contribution in [2.24, 2.45) is 0 Å². The lowest BCUT2D eigenvalue weighted by atomic mass is 10.3. The lowest BCUT2D eigenvalue weighted by Crippen LogP contribution is -2.22. The smallest absolute Gasteiger partial charge is 0.323 e. The maximum Gasteiger partial charge on any atom is 0.323 e. The number of aromatic nitrogens is 3. The van der Waals surface area contributed by atoms with Gasteiger partial charge in [-0.05, 0) is 19.3 Å². The molecule has 0 aliphatic heterocycles. The van der Waals surface area contributed by atoms with Gasteiger partial charge in [-0.1, -0.05) is 27.2 Å². The molecular weight excluding hydrogens is 254 g/mol. The zero-order valence-electron chi connectivity index (χ0n) is 13.1. The van der Waals surface area contributed by atoms with E-state index in [0.717, 1.165) is 38.8 Å². The van der Waals surface area contributed by atoms with Gasteiger partial charge in [0, 0.05) is 20.1 Å². The maximum atomic E-state index is 5.54. The Morgan fingerprint density at radius 1 is 1.05 bits per heavy atom. The van der Waals surface area contributed by atoms with Gasteiger partial charge in [-0.15, -0.1) is 0 Å². The van der Waals surface area contributed by atoms with Crippen LogP contribution in [0.1, 0.15) is 46.5 Å². The third-order valence-electron chi connectivity index (χ3n) is 2.76. The molecule has 0 aliphatic rings. The normalized spacial score (nSPS) is 10.4. The fourth-order valence-corrected chi connectivity index (χ4v) is 1.59. The quantitative estimate of drug-likeness (QED) is 0.711. The molecule has 0 aromatic carbocycles. The lowest BCUT2D eigenvalue weighted by molar-refractivity contribution is 0.292. The fraction of sp³-hybridized carbons (Fsp3) is 0.786. The molecule has 0 bridgehead atoms. The van der Waals surface area contributed by atoms with Crippen LogP contribution in [0.4, 0.5) is 11.9 Å². The van der Waals surface area contributed by atoms with E-state index in [1.54, 1.807) is 0 Å². The van der Waals surface area contributed by atoms with E-state index in [1.807, 2.05) is 11.9 Å². The van der Waals surface area contributed by atoms with Crippen molar-refractivity contribution < 1.29 is 4.74 Å². The Bertz CT molecular complexity index is 360. The first-order valence-corrected chi connectivity index (χ1v) is 7.55. The van der Waals surface area contributed by atoms with E-state index in [2.05, 4.69) is 41.0 Å². The fourth-order valence-electron chi connectivity index (χ4n) is 1.59. The summed E-state index contributed by atoms with van der Waals surface area (Å²) in [6, 6.07) is 0.402. The molecular formula is C14H27N5O. The zero-order chi connectivity index (χ0) is 14.8. The summed E-state index contributed by atoms with van der Waals surface area (Å²) < 4.78 is 5.54. The Labute approximate surface area is 122 Å². The molecule has 1 N–H and O–H groups in total. The molecule has 1 aromatic rings. The van der Waals surface area contributed by atoms with Gasteiger partial charge in [-0.3, -0.25) is 0 Å². The molecule has 0 radical (unpaired) electrons. The predicted octanol–water partition coefficient (Wildman–Crippen LogP) is 2.72. The van der Waals surface area contributed by atoms with Crippen LogP contribution in [0.15, 0.2) is 0 Å². The summed E-state index contributed by atoms with van der Waals surface area (Å²) in [5.41, 5.74) is 0. The van der Waals surface area contributed by atoms with E-state index in [4.69, 9.17) is 4.74 Å². The van der Waals surface area contributed by atoms with Gasteiger partial charge in [0.2, 0.25) is 11.9 Å². The summed E-state index contributed by atoms with van der Waals surface area (Å²) in [5, 5.41) is 3.19. The van der Waals surface area contributed by atoms with Crippen molar-refractivity contribution in [3.8, 4) is 6.01 Å². The molecule has 6 heteroatoms. The van der Waals surface area contributed by atoms with Crippen molar-refractivity contribution >= 4 is 11.9 Å². The Kier molecular flexibility index (Phi) is 7.69. The highest BCUT2D eigenvalue weighted by Gasteiger charge is 2.10. The molecule has 0 amide bonds. The molecule has 1 heterocycles. The third kappa shape index (κ3) is 5.59. The largest absolute Gasteiger partial charge is 0.463 e. The van der Waals surface area contributed by atoms with E-state index < -0.39 is 0 Å². The van der Waals surface area contributed by atoms with E-state index in [-0.39, 0.29) is 0 Å². The minimum atomic E-state index is 0.402. The van der Waals surface area contributed by atoms with Crippen molar-refractivity contribution in [1.82, 2.24) is 15.0 Å². The average Bonchev–Trinajstić information content (AvgIpc) is 2.48. The Hall–Kier alpha value is -1.59. The second-order valence-corrected chi connectivity index (χ2v) is 4.79. The second-order valence-electron chi connectivity index (χ2n) is 4.79. The van der Waals surface area contributed by atoms with Crippen LogP contribution in [0.5, 0.6) is 6.01 Å². The summed E-state index contributed by atoms with van der Waals surface area (Å²) in [4.78, 5) is 15.1. The van der Waals surface area contributed by atoms with Gasteiger partial charge in [0.1, 0.15) is 0 Å². The van der Waals surface area contributed by atoms with Gasteiger partial charge in [-0.2, -0.15) is 15.0 Å². The van der Waals surface area contributed by atoms with Crippen LogP contribution in [0, 0.1) is 0 Å². The molecule has 0 fully saturated rings. The number of unbranched alkanes of at least 4 members (excludes halogenated alkanes) is 1. The van der Waals surface area contributed by atoms with Gasteiger partial charge in [0.05, 0.1) is 6.61 Å². The monoisotopic (exact) mass is 281 g/mol. The van der Waals surface area contributed by atoms with Crippen molar-refractivity contribution in [1.29, 1.82) is 0 Å². The average molecular weight is 281 g/mol. The molecule has 0 saturated heterocycles. The zero-order valence-corrected chi connectivity index (χ0v) is 13.1. The highest BCUT2D eigenvalue weighted by atomic mass is 16.5. The molecule has 114 valence electrons. The summed E-state index contributed by atoms with van der Waals surface area (Å²) in [7, 11) is 2.00. The molecule has 20 heavy (non-hydrogen) atoms. The van der Waals surface area contributed by atoms with Crippen LogP contribution in [0.25, 0.3) is 0 Å². The van der Waals surface area contributed by atoms with E-state index in [1.165, 1.54) is 0 Å². The molecule has 6 nitrogen and oxygen atoms in total. The third-order valence-corrected chi connectivity index (χ3v) is 2.76. The Morgan fingerprint density at radius 3 is 2.50 bits per heavy atom. The summed E-state index contributed by atoms with van der Waals surface area (Å²) in [6.07, 6.45) is 4.23. The van der Waals surface area contributed by atoms with E-state index in [9.17, 15) is 0 Å². The minimum absolute atomic E-state index is 0.402. The van der Waals surface area contributed by atoms with Crippen LogP contribution in [-0.2, 0) is 0 Å². The van der Waals surface area contributed by atoms with Crippen LogP contribution < -0.4 is 15.0 Å². The van der Waals surface area contributed by atoms with Gasteiger partial charge < -0.3 is 15.0 Å². The number of nitrogens with one attached hydrogen (secondary N) is 1. The lowest BCUT2D eigenvalue weighted by Gasteiger charge is -2.18. The number of rotatable bonds is 10. The standard InChI is InChI=1S/C14H27N5O/c1-5-8-10-19(4)13-16-12(15-9-6-2)17-14(18-13)20-11-7-3/h5-11H2,1-4H3,(H,15,16,17,18). The summed E-state index contributed by atoms with van der Waals surface area (Å²) in [6.45, 7) is 8.74. The number of hydrogen-bond acceptors (Lipinski definition) is 6. The maximum absolute atomic E-state index is 5.54. The Morgan fingerprint density at radius 2 is 1.85 bits per heavy atom. The summed E-state index contributed by atoms with van der Waals surface area (Å²) in [5.74, 6) is 1.25. The molecule has 0 aliphatic carbocycles. The van der Waals surface area contributed by atoms with Crippen LogP contribution in [0.2, 0.25) is 0 Å². The minimum Gasteiger partial charge on any atom is -0.463 e. The number of nitrogens with zero attached hydrogens (tertiary/aromatic N) is 4. The van der Waals surface area contributed by atoms with Crippen LogP contribution in [-0.4, -0.2) is 41.7 Å². The van der Waals surface area contributed by atoms with Gasteiger partial charge >= 0.3 is 6.01 Å². The topological polar surface area (TPSA) is 63.2 Å². The molecule has 0 unspecified atom stereocenters. The molecule has 1 rings (SSSR count). The molecule has 0 saturated carbocycles.